The van der Waals surface area contributed by atoms with Gasteiger partial charge in [-0.05, 0) is 63.9 Å². The van der Waals surface area contributed by atoms with Gasteiger partial charge in [-0.3, -0.25) is 9.59 Å². The summed E-state index contributed by atoms with van der Waals surface area (Å²) < 4.78 is 5.37. The van der Waals surface area contributed by atoms with E-state index in [-0.39, 0.29) is 17.2 Å². The molecule has 0 radical (unpaired) electrons. The fourth-order valence-electron chi connectivity index (χ4n) is 3.56. The number of carbonyl (C=O) groups is 2. The Morgan fingerprint density at radius 1 is 1.13 bits per heavy atom. The minimum absolute atomic E-state index is 0.137. The number of benzene rings is 2. The maximum absolute atomic E-state index is 13.0. The average molecular weight is 405 g/mol. The van der Waals surface area contributed by atoms with Crippen LogP contribution in [-0.2, 0) is 11.2 Å². The highest BCUT2D eigenvalue weighted by molar-refractivity contribution is 6.09. The third kappa shape index (κ3) is 5.17. The van der Waals surface area contributed by atoms with E-state index >= 15 is 0 Å². The number of ether oxygens (including phenoxy) is 1. The molecule has 0 aromatic heterocycles. The quantitative estimate of drug-likeness (QED) is 0.558. The van der Waals surface area contributed by atoms with Crippen molar-refractivity contribution in [2.45, 2.75) is 39.7 Å². The molecule has 0 aliphatic carbocycles. The molecule has 0 spiro atoms. The summed E-state index contributed by atoms with van der Waals surface area (Å²) in [5.41, 5.74) is 4.73. The van der Waals surface area contributed by atoms with E-state index in [9.17, 15) is 9.59 Å². The van der Waals surface area contributed by atoms with Gasteiger partial charge in [-0.1, -0.05) is 23.8 Å². The van der Waals surface area contributed by atoms with Gasteiger partial charge >= 0.3 is 0 Å². The monoisotopic (exact) mass is 404 g/mol. The third-order valence-corrected chi connectivity index (χ3v) is 4.82. The second kappa shape index (κ2) is 8.57. The molecule has 0 unspecified atom stereocenters. The van der Waals surface area contributed by atoms with Gasteiger partial charge in [0.2, 0.25) is 5.91 Å². The minimum atomic E-state index is -0.213. The van der Waals surface area contributed by atoms with Crippen molar-refractivity contribution < 1.29 is 14.3 Å². The first-order chi connectivity index (χ1) is 14.2. The molecule has 3 rings (SSSR count). The van der Waals surface area contributed by atoms with E-state index in [1.807, 2.05) is 26.0 Å². The van der Waals surface area contributed by atoms with Crippen LogP contribution in [0.2, 0.25) is 0 Å². The number of allylic oxidation sites excluding steroid dienone is 2. The van der Waals surface area contributed by atoms with Crippen LogP contribution < -0.4 is 15.4 Å². The number of carbonyl (C=O) groups excluding carboxylic acids is 2. The Kier molecular flexibility index (Phi) is 6.11. The summed E-state index contributed by atoms with van der Waals surface area (Å²) in [6, 6.07) is 12.9. The van der Waals surface area contributed by atoms with Gasteiger partial charge in [0.1, 0.15) is 5.75 Å². The van der Waals surface area contributed by atoms with Gasteiger partial charge in [0.15, 0.2) is 5.78 Å². The van der Waals surface area contributed by atoms with Gasteiger partial charge in [-0.2, -0.15) is 0 Å². The molecule has 2 N–H and O–H groups in total. The second-order valence-electron chi connectivity index (χ2n) is 8.42. The van der Waals surface area contributed by atoms with E-state index < -0.39 is 0 Å². The van der Waals surface area contributed by atoms with E-state index in [1.165, 1.54) is 11.6 Å². The topological polar surface area (TPSA) is 67.4 Å². The molecule has 2 aromatic carbocycles. The molecule has 0 bridgehead atoms. The fraction of sp³-hybridized carbons (Fsp3) is 0.280. The minimum Gasteiger partial charge on any atom is -0.497 e. The Labute approximate surface area is 177 Å². The number of methoxy groups -OCH3 is 1. The van der Waals surface area contributed by atoms with Crippen LogP contribution in [0.5, 0.6) is 5.75 Å². The summed E-state index contributed by atoms with van der Waals surface area (Å²) in [5, 5.41) is 6.27. The summed E-state index contributed by atoms with van der Waals surface area (Å²) in [6.45, 7) is 7.93. The molecule has 1 amide bonds. The number of fused-ring (bicyclic) bond motifs is 1. The molecule has 5 heteroatoms. The van der Waals surface area contributed by atoms with Crippen LogP contribution in [0.3, 0.4) is 0 Å². The number of ketones is 1. The summed E-state index contributed by atoms with van der Waals surface area (Å²) in [6.07, 6.45) is 3.99. The molecule has 0 fully saturated rings. The first-order valence-corrected chi connectivity index (χ1v) is 9.94. The van der Waals surface area contributed by atoms with Gasteiger partial charge in [-0.15, -0.1) is 0 Å². The molecular formula is C25H28N2O3. The van der Waals surface area contributed by atoms with Crippen LogP contribution >= 0.6 is 0 Å². The van der Waals surface area contributed by atoms with E-state index in [0.717, 1.165) is 29.0 Å². The third-order valence-electron chi connectivity index (χ3n) is 4.82. The molecule has 1 aliphatic rings. The van der Waals surface area contributed by atoms with Crippen LogP contribution in [0.15, 0.2) is 60.2 Å². The maximum atomic E-state index is 13.0. The normalized spacial score (nSPS) is 15.6. The van der Waals surface area contributed by atoms with Crippen molar-refractivity contribution in [3.05, 3.63) is 76.9 Å². The van der Waals surface area contributed by atoms with Crippen LogP contribution in [0, 0.1) is 0 Å². The number of nitrogens with one attached hydrogen (secondary N) is 2. The lowest BCUT2D eigenvalue weighted by atomic mass is 9.85. The molecule has 0 saturated heterocycles. The molecule has 1 aliphatic heterocycles. The standard InChI is InChI=1S/C25H28N2O3/c1-16(2)11-24(29)26-19-8-6-7-17(12-19)23(28)14-22-21-13-20(30-5)10-9-18(21)15-25(3,4)27-22/h6-14,27H,15H2,1-5H3,(H,26,29)/b22-14-. The van der Waals surface area contributed by atoms with Crippen molar-refractivity contribution in [1.82, 2.24) is 5.32 Å². The van der Waals surface area contributed by atoms with E-state index in [4.69, 9.17) is 4.74 Å². The summed E-state index contributed by atoms with van der Waals surface area (Å²) in [5.74, 6) is 0.398. The first-order valence-electron chi connectivity index (χ1n) is 9.94. The molecule has 2 aromatic rings. The van der Waals surface area contributed by atoms with Gasteiger partial charge in [-0.25, -0.2) is 0 Å². The van der Waals surface area contributed by atoms with E-state index in [1.54, 1.807) is 37.5 Å². The Morgan fingerprint density at radius 3 is 2.60 bits per heavy atom. The van der Waals surface area contributed by atoms with Crippen molar-refractivity contribution in [1.29, 1.82) is 0 Å². The lowest BCUT2D eigenvalue weighted by Gasteiger charge is -2.35. The first kappa shape index (κ1) is 21.4. The van der Waals surface area contributed by atoms with Crippen LogP contribution in [0.25, 0.3) is 5.70 Å². The highest BCUT2D eigenvalue weighted by Crippen LogP contribution is 2.32. The van der Waals surface area contributed by atoms with Crippen LogP contribution in [-0.4, -0.2) is 24.3 Å². The van der Waals surface area contributed by atoms with Crippen LogP contribution in [0.4, 0.5) is 5.69 Å². The van der Waals surface area contributed by atoms with Gasteiger partial charge < -0.3 is 15.4 Å². The van der Waals surface area contributed by atoms with Crippen molar-refractivity contribution in [2.24, 2.45) is 0 Å². The van der Waals surface area contributed by atoms with Crippen molar-refractivity contribution in [3.8, 4) is 5.75 Å². The predicted molar refractivity (Wildman–Crippen MR) is 121 cm³/mol. The number of hydrogen-bond donors (Lipinski definition) is 2. The summed E-state index contributed by atoms with van der Waals surface area (Å²) in [4.78, 5) is 25.0. The number of anilines is 1. The Balaban J connectivity index is 1.92. The van der Waals surface area contributed by atoms with Crippen molar-refractivity contribution in [3.63, 3.8) is 0 Å². The smallest absolute Gasteiger partial charge is 0.248 e. The largest absolute Gasteiger partial charge is 0.497 e. The van der Waals surface area contributed by atoms with Gasteiger partial charge in [0.25, 0.3) is 0 Å². The van der Waals surface area contributed by atoms with Crippen molar-refractivity contribution in [2.75, 3.05) is 12.4 Å². The Hall–Kier alpha value is -3.34. The van der Waals surface area contributed by atoms with Gasteiger partial charge in [0, 0.05) is 40.2 Å². The maximum Gasteiger partial charge on any atom is 0.248 e. The number of amides is 1. The van der Waals surface area contributed by atoms with Crippen LogP contribution in [0.1, 0.15) is 49.2 Å². The lowest BCUT2D eigenvalue weighted by Crippen LogP contribution is -2.43. The lowest BCUT2D eigenvalue weighted by molar-refractivity contribution is -0.111. The predicted octanol–water partition coefficient (Wildman–Crippen LogP) is 4.75. The zero-order valence-corrected chi connectivity index (χ0v) is 18.1. The number of hydrogen-bond acceptors (Lipinski definition) is 4. The summed E-state index contributed by atoms with van der Waals surface area (Å²) >= 11 is 0. The molecule has 1 heterocycles. The van der Waals surface area contributed by atoms with E-state index in [2.05, 4.69) is 30.5 Å². The molecule has 30 heavy (non-hydrogen) atoms. The molecule has 0 saturated carbocycles. The highest BCUT2D eigenvalue weighted by Gasteiger charge is 2.28. The molecular weight excluding hydrogens is 376 g/mol. The van der Waals surface area contributed by atoms with E-state index in [0.29, 0.717) is 11.3 Å². The van der Waals surface area contributed by atoms with Crippen molar-refractivity contribution >= 4 is 23.1 Å². The Bertz CT molecular complexity index is 1040. The molecule has 0 atom stereocenters. The summed E-state index contributed by atoms with van der Waals surface area (Å²) in [7, 11) is 1.63. The fourth-order valence-corrected chi connectivity index (χ4v) is 3.56. The number of rotatable bonds is 5. The second-order valence-corrected chi connectivity index (χ2v) is 8.42. The molecule has 156 valence electrons. The molecule has 5 nitrogen and oxygen atoms in total. The zero-order valence-electron chi connectivity index (χ0n) is 18.1. The zero-order chi connectivity index (χ0) is 21.9. The SMILES string of the molecule is COc1ccc2c(c1)/C(=C/C(=O)c1cccc(NC(=O)C=C(C)C)c1)NC(C)(C)C2. The van der Waals surface area contributed by atoms with Gasteiger partial charge in [0.05, 0.1) is 7.11 Å². The highest BCUT2D eigenvalue weighted by atomic mass is 16.5. The average Bonchev–Trinajstić information content (AvgIpc) is 2.66. The Morgan fingerprint density at radius 2 is 1.90 bits per heavy atom.